The summed E-state index contributed by atoms with van der Waals surface area (Å²) < 4.78 is 1.62. The molecule has 1 fully saturated rings. The van der Waals surface area contributed by atoms with Crippen molar-refractivity contribution in [2.45, 2.75) is 38.0 Å². The zero-order valence-corrected chi connectivity index (χ0v) is 10.2. The highest BCUT2D eigenvalue weighted by atomic mass is 35.5. The molecule has 1 N–H and O–H groups in total. The quantitative estimate of drug-likeness (QED) is 0.885. The molecule has 0 unspecified atom stereocenters. The van der Waals surface area contributed by atoms with E-state index in [0.717, 1.165) is 30.5 Å². The lowest BCUT2D eigenvalue weighted by Crippen LogP contribution is -2.37. The van der Waals surface area contributed by atoms with Crippen LogP contribution in [0.4, 0.5) is 0 Å². The van der Waals surface area contributed by atoms with Crippen molar-refractivity contribution >= 4 is 17.6 Å². The average molecular weight is 243 g/mol. The molecule has 1 aromatic rings. The van der Waals surface area contributed by atoms with Gasteiger partial charge in [-0.1, -0.05) is 18.0 Å². The van der Waals surface area contributed by atoms with Gasteiger partial charge in [-0.2, -0.15) is 5.10 Å². The van der Waals surface area contributed by atoms with E-state index in [-0.39, 0.29) is 11.8 Å². The molecule has 0 aromatic carbocycles. The highest BCUT2D eigenvalue weighted by molar-refractivity contribution is 6.30. The van der Waals surface area contributed by atoms with Gasteiger partial charge in [0, 0.05) is 18.0 Å². The van der Waals surface area contributed by atoms with Gasteiger partial charge in [0.05, 0.1) is 12.1 Å². The Morgan fingerprint density at radius 1 is 1.62 bits per heavy atom. The Morgan fingerprint density at radius 3 is 2.56 bits per heavy atom. The average Bonchev–Trinajstić information content (AvgIpc) is 2.35. The lowest BCUT2D eigenvalue weighted by atomic mass is 9.62. The molecule has 2 rings (SSSR count). The molecule has 1 aliphatic carbocycles. The van der Waals surface area contributed by atoms with Crippen molar-refractivity contribution in [3.8, 4) is 0 Å². The molecule has 0 aliphatic heterocycles. The predicted octanol–water partition coefficient (Wildman–Crippen LogP) is 2.28. The van der Waals surface area contributed by atoms with Crippen molar-refractivity contribution in [1.29, 1.82) is 0 Å². The molecule has 88 valence electrons. The maximum atomic E-state index is 10.9. The van der Waals surface area contributed by atoms with Crippen LogP contribution in [-0.2, 0) is 17.3 Å². The first kappa shape index (κ1) is 11.5. The van der Waals surface area contributed by atoms with E-state index < -0.39 is 5.97 Å². The van der Waals surface area contributed by atoms with E-state index in [1.54, 1.807) is 11.7 Å². The Hall–Kier alpha value is -1.03. The van der Waals surface area contributed by atoms with E-state index in [1.807, 2.05) is 6.92 Å². The van der Waals surface area contributed by atoms with Gasteiger partial charge in [0.2, 0.25) is 0 Å². The fraction of sp³-hybridized carbons (Fsp3) is 0.636. The first-order valence-corrected chi connectivity index (χ1v) is 5.75. The smallest absolute Gasteiger partial charge is 0.304 e. The molecule has 0 amide bonds. The Bertz CT molecular complexity index is 435. The molecule has 0 radical (unpaired) electrons. The highest BCUT2D eigenvalue weighted by Crippen LogP contribution is 2.49. The van der Waals surface area contributed by atoms with Gasteiger partial charge in [0.15, 0.2) is 0 Å². The summed E-state index contributed by atoms with van der Waals surface area (Å²) in [7, 11) is 1.78. The monoisotopic (exact) mass is 242 g/mol. The minimum absolute atomic E-state index is 0.152. The highest BCUT2D eigenvalue weighted by Gasteiger charge is 2.44. The molecule has 0 atom stereocenters. The summed E-state index contributed by atoms with van der Waals surface area (Å²) in [6, 6.07) is 0. The van der Waals surface area contributed by atoms with Crippen LogP contribution in [0.2, 0.25) is 5.15 Å². The zero-order chi connectivity index (χ0) is 11.9. The minimum Gasteiger partial charge on any atom is -0.481 e. The molecule has 16 heavy (non-hydrogen) atoms. The second-order valence-corrected chi connectivity index (χ2v) is 4.94. The van der Waals surface area contributed by atoms with Gasteiger partial charge in [0.1, 0.15) is 5.15 Å². The van der Waals surface area contributed by atoms with Gasteiger partial charge in [-0.3, -0.25) is 9.48 Å². The Labute approximate surface area is 99.2 Å². The van der Waals surface area contributed by atoms with Crippen molar-refractivity contribution in [3.05, 3.63) is 16.4 Å². The van der Waals surface area contributed by atoms with Crippen LogP contribution in [0.5, 0.6) is 0 Å². The predicted molar refractivity (Wildman–Crippen MR) is 60.7 cm³/mol. The van der Waals surface area contributed by atoms with Gasteiger partial charge in [-0.15, -0.1) is 0 Å². The Morgan fingerprint density at radius 2 is 2.25 bits per heavy atom. The zero-order valence-electron chi connectivity index (χ0n) is 9.46. The fourth-order valence-corrected chi connectivity index (χ4v) is 3.02. The summed E-state index contributed by atoms with van der Waals surface area (Å²) in [6.07, 6.45) is 3.01. The fourth-order valence-electron chi connectivity index (χ4n) is 2.64. The topological polar surface area (TPSA) is 55.1 Å². The van der Waals surface area contributed by atoms with Crippen LogP contribution in [0.25, 0.3) is 0 Å². The van der Waals surface area contributed by atoms with Gasteiger partial charge in [-0.25, -0.2) is 0 Å². The second-order valence-electron chi connectivity index (χ2n) is 4.58. The first-order chi connectivity index (χ1) is 7.46. The summed E-state index contributed by atoms with van der Waals surface area (Å²) in [6.45, 7) is 1.89. The molecular weight excluding hydrogens is 228 g/mol. The largest absolute Gasteiger partial charge is 0.481 e. The summed E-state index contributed by atoms with van der Waals surface area (Å²) in [5.41, 5.74) is 1.51. The lowest BCUT2D eigenvalue weighted by Gasteiger charge is -2.41. The summed E-state index contributed by atoms with van der Waals surface area (Å²) in [5, 5.41) is 13.8. The van der Waals surface area contributed by atoms with E-state index in [0.29, 0.717) is 5.15 Å². The van der Waals surface area contributed by atoms with Crippen LogP contribution >= 0.6 is 11.6 Å². The summed E-state index contributed by atoms with van der Waals surface area (Å²) in [5.74, 6) is -0.765. The number of aliphatic carboxylic acids is 1. The molecule has 0 saturated heterocycles. The van der Waals surface area contributed by atoms with E-state index in [9.17, 15) is 4.79 Å². The SMILES string of the molecule is Cc1nn(C)c(Cl)c1C1(CC(=O)O)CCC1. The van der Waals surface area contributed by atoms with Crippen molar-refractivity contribution in [2.24, 2.45) is 7.05 Å². The van der Waals surface area contributed by atoms with E-state index in [1.165, 1.54) is 0 Å². The van der Waals surface area contributed by atoms with Gasteiger partial charge in [-0.05, 0) is 19.8 Å². The third kappa shape index (κ3) is 1.61. The maximum Gasteiger partial charge on any atom is 0.304 e. The molecule has 4 nitrogen and oxygen atoms in total. The molecule has 1 aromatic heterocycles. The van der Waals surface area contributed by atoms with Crippen molar-refractivity contribution in [2.75, 3.05) is 0 Å². The first-order valence-electron chi connectivity index (χ1n) is 5.38. The number of carbonyl (C=O) groups is 1. The standard InChI is InChI=1S/C11H15ClN2O2/c1-7-9(10(12)14(2)13-7)11(4-3-5-11)6-8(15)16/h3-6H2,1-2H3,(H,15,16). The van der Waals surface area contributed by atoms with Crippen molar-refractivity contribution in [3.63, 3.8) is 0 Å². The van der Waals surface area contributed by atoms with E-state index in [2.05, 4.69) is 5.10 Å². The third-order valence-corrected chi connectivity index (χ3v) is 3.92. The van der Waals surface area contributed by atoms with Gasteiger partial charge in [0.25, 0.3) is 0 Å². The van der Waals surface area contributed by atoms with Crippen LogP contribution < -0.4 is 0 Å². The normalized spacial score (nSPS) is 18.2. The molecule has 1 aliphatic rings. The number of hydrogen-bond acceptors (Lipinski definition) is 2. The summed E-state index contributed by atoms with van der Waals surface area (Å²) in [4.78, 5) is 10.9. The number of rotatable bonds is 3. The maximum absolute atomic E-state index is 10.9. The number of hydrogen-bond donors (Lipinski definition) is 1. The number of carboxylic acid groups (broad SMARTS) is 1. The van der Waals surface area contributed by atoms with Crippen LogP contribution in [0, 0.1) is 6.92 Å². The number of aromatic nitrogens is 2. The van der Waals surface area contributed by atoms with Gasteiger partial charge >= 0.3 is 5.97 Å². The molecule has 5 heteroatoms. The Kier molecular flexibility index (Phi) is 2.70. The molecule has 1 heterocycles. The molecule has 0 bridgehead atoms. The third-order valence-electron chi connectivity index (χ3n) is 3.48. The minimum atomic E-state index is -0.765. The second kappa shape index (κ2) is 3.77. The molecule has 1 saturated carbocycles. The van der Waals surface area contributed by atoms with E-state index in [4.69, 9.17) is 16.7 Å². The van der Waals surface area contributed by atoms with Crippen molar-refractivity contribution in [1.82, 2.24) is 9.78 Å². The van der Waals surface area contributed by atoms with Crippen LogP contribution in [0.15, 0.2) is 0 Å². The lowest BCUT2D eigenvalue weighted by molar-refractivity contribution is -0.139. The number of aryl methyl sites for hydroxylation is 2. The number of carboxylic acids is 1. The molecular formula is C11H15ClN2O2. The van der Waals surface area contributed by atoms with E-state index >= 15 is 0 Å². The van der Waals surface area contributed by atoms with Crippen molar-refractivity contribution < 1.29 is 9.90 Å². The van der Waals surface area contributed by atoms with Crippen LogP contribution in [0.3, 0.4) is 0 Å². The molecule has 0 spiro atoms. The summed E-state index contributed by atoms with van der Waals surface area (Å²) >= 11 is 6.20. The van der Waals surface area contributed by atoms with Crippen LogP contribution in [-0.4, -0.2) is 20.9 Å². The van der Waals surface area contributed by atoms with Gasteiger partial charge < -0.3 is 5.11 Å². The number of halogens is 1. The van der Waals surface area contributed by atoms with Crippen LogP contribution in [0.1, 0.15) is 36.9 Å². The number of nitrogens with zero attached hydrogens (tertiary/aromatic N) is 2. The Balaban J connectivity index is 2.44.